The van der Waals surface area contributed by atoms with Crippen molar-refractivity contribution in [3.05, 3.63) is 82.5 Å². The summed E-state index contributed by atoms with van der Waals surface area (Å²) in [5, 5.41) is 3.75. The molecule has 5 nitrogen and oxygen atoms in total. The van der Waals surface area contributed by atoms with Crippen molar-refractivity contribution in [3.8, 4) is 5.75 Å². The van der Waals surface area contributed by atoms with Gasteiger partial charge in [0, 0.05) is 31.2 Å². The molecule has 0 radical (unpaired) electrons. The summed E-state index contributed by atoms with van der Waals surface area (Å²) in [6.45, 7) is 10.2. The van der Waals surface area contributed by atoms with Crippen LogP contribution in [0.25, 0.3) is 0 Å². The number of carbonyl (C=O) groups excluding carboxylic acids is 1. The first-order chi connectivity index (χ1) is 17.5. The van der Waals surface area contributed by atoms with Gasteiger partial charge in [-0.25, -0.2) is 0 Å². The number of benzene rings is 2. The minimum atomic E-state index is -0.116. The molecule has 1 atom stereocenters. The average Bonchev–Trinajstić information content (AvgIpc) is 2.88. The molecule has 2 aromatic rings. The SMILES string of the molecule is CCOC(=O)CCC1=CCC(NCc2ccc3c(c2C)N(CCOc2ccccc2)CCC3)C=C1C. The fourth-order valence-corrected chi connectivity index (χ4v) is 5.28. The summed E-state index contributed by atoms with van der Waals surface area (Å²) >= 11 is 0. The third-order valence-corrected chi connectivity index (χ3v) is 7.22. The van der Waals surface area contributed by atoms with Crippen LogP contribution in [0.4, 0.5) is 5.69 Å². The first-order valence-electron chi connectivity index (χ1n) is 13.4. The normalized spacial score (nSPS) is 17.2. The number of anilines is 1. The van der Waals surface area contributed by atoms with Crippen molar-refractivity contribution in [1.82, 2.24) is 5.32 Å². The molecule has 0 amide bonds. The molecular formula is C31H40N2O3. The van der Waals surface area contributed by atoms with Gasteiger partial charge in [0.15, 0.2) is 0 Å². The Labute approximate surface area is 216 Å². The second-order valence-corrected chi connectivity index (χ2v) is 9.72. The summed E-state index contributed by atoms with van der Waals surface area (Å²) in [6, 6.07) is 15.0. The van der Waals surface area contributed by atoms with E-state index in [-0.39, 0.29) is 5.97 Å². The molecule has 0 saturated heterocycles. The van der Waals surface area contributed by atoms with Crippen LogP contribution in [0.2, 0.25) is 0 Å². The number of ether oxygens (including phenoxy) is 2. The predicted octanol–water partition coefficient (Wildman–Crippen LogP) is 5.90. The molecule has 0 spiro atoms. The topological polar surface area (TPSA) is 50.8 Å². The van der Waals surface area contributed by atoms with Crippen LogP contribution in [-0.4, -0.2) is 38.3 Å². The second kappa shape index (κ2) is 12.8. The summed E-state index contributed by atoms with van der Waals surface area (Å²) in [4.78, 5) is 14.2. The number of nitrogens with one attached hydrogen (secondary N) is 1. The van der Waals surface area contributed by atoms with Crippen molar-refractivity contribution in [2.24, 2.45) is 0 Å². The maximum atomic E-state index is 11.7. The number of hydrogen-bond donors (Lipinski definition) is 1. The molecule has 1 heterocycles. The Hall–Kier alpha value is -3.05. The molecule has 0 bridgehead atoms. The predicted molar refractivity (Wildman–Crippen MR) is 147 cm³/mol. The third kappa shape index (κ3) is 6.79. The molecule has 0 aromatic heterocycles. The molecule has 2 aliphatic rings. The molecular weight excluding hydrogens is 448 g/mol. The highest BCUT2D eigenvalue weighted by molar-refractivity contribution is 5.70. The molecule has 0 fully saturated rings. The van der Waals surface area contributed by atoms with E-state index in [0.29, 0.717) is 25.7 Å². The van der Waals surface area contributed by atoms with Crippen LogP contribution in [0.5, 0.6) is 5.75 Å². The van der Waals surface area contributed by atoms with E-state index in [2.05, 4.69) is 48.3 Å². The van der Waals surface area contributed by atoms with E-state index in [4.69, 9.17) is 9.47 Å². The number of rotatable bonds is 11. The van der Waals surface area contributed by atoms with Gasteiger partial charge >= 0.3 is 5.97 Å². The fraction of sp³-hybridized carbons (Fsp3) is 0.452. The second-order valence-electron chi connectivity index (χ2n) is 9.72. The molecule has 1 aliphatic carbocycles. The zero-order valence-electron chi connectivity index (χ0n) is 22.0. The lowest BCUT2D eigenvalue weighted by Crippen LogP contribution is -2.34. The zero-order valence-corrected chi connectivity index (χ0v) is 22.0. The number of carbonyl (C=O) groups is 1. The minimum absolute atomic E-state index is 0.116. The number of fused-ring (bicyclic) bond motifs is 1. The highest BCUT2D eigenvalue weighted by atomic mass is 16.5. The maximum Gasteiger partial charge on any atom is 0.306 e. The highest BCUT2D eigenvalue weighted by Gasteiger charge is 2.21. The fourth-order valence-electron chi connectivity index (χ4n) is 5.28. The number of para-hydroxylation sites is 1. The Bertz CT molecular complexity index is 1090. The first-order valence-corrected chi connectivity index (χ1v) is 13.4. The molecule has 1 unspecified atom stereocenters. The van der Waals surface area contributed by atoms with E-state index in [1.807, 2.05) is 37.3 Å². The summed E-state index contributed by atoms with van der Waals surface area (Å²) in [7, 11) is 0. The number of esters is 1. The van der Waals surface area contributed by atoms with Crippen LogP contribution in [-0.2, 0) is 22.5 Å². The zero-order chi connectivity index (χ0) is 25.3. The van der Waals surface area contributed by atoms with Gasteiger partial charge in [0.25, 0.3) is 0 Å². The van der Waals surface area contributed by atoms with Crippen LogP contribution < -0.4 is 15.0 Å². The van der Waals surface area contributed by atoms with Gasteiger partial charge < -0.3 is 19.7 Å². The molecule has 2 aromatic carbocycles. The standard InChI is InChI=1S/C31H40N2O3/c1-4-35-30(34)17-15-25-14-16-28(21-23(25)2)32-22-27-13-12-26-9-8-18-33(31(26)24(27)3)19-20-36-29-10-6-5-7-11-29/h5-7,10-14,21,28,32H,4,8-9,15-20,22H2,1-3H3. The number of aryl methyl sites for hydroxylation is 1. The van der Waals surface area contributed by atoms with Crippen LogP contribution in [0.3, 0.4) is 0 Å². The molecule has 1 aliphatic heterocycles. The van der Waals surface area contributed by atoms with Gasteiger partial charge in [-0.05, 0) is 80.9 Å². The molecule has 192 valence electrons. The number of hydrogen-bond acceptors (Lipinski definition) is 5. The number of allylic oxidation sites excluding steroid dienone is 2. The van der Waals surface area contributed by atoms with Crippen molar-refractivity contribution in [2.75, 3.05) is 31.2 Å². The highest BCUT2D eigenvalue weighted by Crippen LogP contribution is 2.33. The lowest BCUT2D eigenvalue weighted by atomic mass is 9.92. The molecule has 0 saturated carbocycles. The van der Waals surface area contributed by atoms with Crippen LogP contribution >= 0.6 is 0 Å². The summed E-state index contributed by atoms with van der Waals surface area (Å²) in [5.74, 6) is 0.813. The van der Waals surface area contributed by atoms with Gasteiger partial charge in [-0.3, -0.25) is 4.79 Å². The smallest absolute Gasteiger partial charge is 0.306 e. The van der Waals surface area contributed by atoms with E-state index >= 15 is 0 Å². The van der Waals surface area contributed by atoms with Crippen molar-refractivity contribution in [3.63, 3.8) is 0 Å². The molecule has 36 heavy (non-hydrogen) atoms. The van der Waals surface area contributed by atoms with E-state index in [9.17, 15) is 4.79 Å². The van der Waals surface area contributed by atoms with Gasteiger partial charge in [-0.15, -0.1) is 0 Å². The van der Waals surface area contributed by atoms with E-state index in [1.165, 1.54) is 39.9 Å². The lowest BCUT2D eigenvalue weighted by molar-refractivity contribution is -0.143. The monoisotopic (exact) mass is 488 g/mol. The average molecular weight is 489 g/mol. The Morgan fingerprint density at radius 2 is 1.97 bits per heavy atom. The van der Waals surface area contributed by atoms with Gasteiger partial charge in [-0.1, -0.05) is 48.1 Å². The summed E-state index contributed by atoms with van der Waals surface area (Å²) < 4.78 is 11.1. The summed E-state index contributed by atoms with van der Waals surface area (Å²) in [6.07, 6.45) is 9.06. The summed E-state index contributed by atoms with van der Waals surface area (Å²) in [5.41, 5.74) is 8.10. The van der Waals surface area contributed by atoms with Crippen molar-refractivity contribution >= 4 is 11.7 Å². The van der Waals surface area contributed by atoms with Crippen molar-refractivity contribution in [2.45, 2.75) is 65.5 Å². The Kier molecular flexibility index (Phi) is 9.23. The number of nitrogens with zero attached hydrogens (tertiary/aromatic N) is 1. The van der Waals surface area contributed by atoms with Gasteiger partial charge in [-0.2, -0.15) is 0 Å². The Balaban J connectivity index is 1.33. The van der Waals surface area contributed by atoms with Gasteiger partial charge in [0.1, 0.15) is 12.4 Å². The molecule has 1 N–H and O–H groups in total. The van der Waals surface area contributed by atoms with Crippen molar-refractivity contribution < 1.29 is 14.3 Å². The van der Waals surface area contributed by atoms with Crippen LogP contribution in [0, 0.1) is 6.92 Å². The largest absolute Gasteiger partial charge is 0.492 e. The Morgan fingerprint density at radius 3 is 2.75 bits per heavy atom. The van der Waals surface area contributed by atoms with Gasteiger partial charge in [0.05, 0.1) is 13.2 Å². The van der Waals surface area contributed by atoms with E-state index < -0.39 is 0 Å². The maximum absolute atomic E-state index is 11.7. The third-order valence-electron chi connectivity index (χ3n) is 7.22. The molecule has 5 heteroatoms. The minimum Gasteiger partial charge on any atom is -0.492 e. The van der Waals surface area contributed by atoms with Gasteiger partial charge in [0.2, 0.25) is 0 Å². The molecule has 4 rings (SSSR count). The van der Waals surface area contributed by atoms with Crippen molar-refractivity contribution in [1.29, 1.82) is 0 Å². The quantitative estimate of drug-likeness (QED) is 0.399. The first kappa shape index (κ1) is 26.0. The Morgan fingerprint density at radius 1 is 1.14 bits per heavy atom. The van der Waals surface area contributed by atoms with E-state index in [1.54, 1.807) is 0 Å². The lowest BCUT2D eigenvalue weighted by Gasteiger charge is -2.34. The van der Waals surface area contributed by atoms with Crippen LogP contribution in [0.15, 0.2) is 65.8 Å². The van der Waals surface area contributed by atoms with Crippen LogP contribution in [0.1, 0.15) is 56.2 Å². The van der Waals surface area contributed by atoms with E-state index in [0.717, 1.165) is 44.6 Å².